The summed E-state index contributed by atoms with van der Waals surface area (Å²) < 4.78 is 34.2. The van der Waals surface area contributed by atoms with Crippen LogP contribution in [0.3, 0.4) is 0 Å². The maximum Gasteiger partial charge on any atom is 0.402 e. The summed E-state index contributed by atoms with van der Waals surface area (Å²) in [4.78, 5) is 12.4. The Bertz CT molecular complexity index is 1980. The molecule has 4 aromatic rings. The number of phenolic OH excluding ortho intramolecular Hbond substituents is 4. The number of benzene rings is 3. The normalized spacial score (nSPS) is 28.6. The highest BCUT2D eigenvalue weighted by Crippen LogP contribution is 2.43. The van der Waals surface area contributed by atoms with Crippen LogP contribution in [0.2, 0.25) is 0 Å². The molecule has 0 spiro atoms. The topological polar surface area (TPSA) is 297 Å². The average molecular weight is 758 g/mol. The molecule has 11 N–H and O–H groups in total. The first-order valence-corrected chi connectivity index (χ1v) is 16.4. The molecule has 2 saturated heterocycles. The molecule has 0 amide bonds. The minimum Gasteiger partial charge on any atom is -0.508 e. The van der Waals surface area contributed by atoms with Crippen LogP contribution in [0.25, 0.3) is 28.4 Å². The Kier molecular flexibility index (Phi) is 11.4. The first-order chi connectivity index (χ1) is 25.7. The summed E-state index contributed by atoms with van der Waals surface area (Å²) in [5.74, 6) is -2.97. The Morgan fingerprint density at radius 1 is 0.685 bits per heavy atom. The number of aliphatic hydroxyl groups excluding tert-OH is 7. The van der Waals surface area contributed by atoms with Gasteiger partial charge in [0, 0.05) is 24.3 Å². The van der Waals surface area contributed by atoms with E-state index >= 15 is 0 Å². The van der Waals surface area contributed by atoms with E-state index in [1.165, 1.54) is 30.3 Å². The smallest absolute Gasteiger partial charge is 0.402 e. The van der Waals surface area contributed by atoms with Gasteiger partial charge < -0.3 is 79.9 Å². The van der Waals surface area contributed by atoms with Gasteiger partial charge in [-0.2, -0.15) is 0 Å². The molecule has 0 bridgehead atoms. The van der Waals surface area contributed by atoms with Crippen molar-refractivity contribution >= 4 is 23.0 Å². The molecule has 0 aliphatic carbocycles. The van der Waals surface area contributed by atoms with Crippen LogP contribution in [-0.4, -0.2) is 137 Å². The highest BCUT2D eigenvalue weighted by molar-refractivity contribution is 5.89. The van der Waals surface area contributed by atoms with Crippen LogP contribution in [0.4, 0.5) is 0 Å². The fourth-order valence-electron chi connectivity index (χ4n) is 5.75. The summed E-state index contributed by atoms with van der Waals surface area (Å²) >= 11 is 0. The zero-order valence-corrected chi connectivity index (χ0v) is 27.9. The summed E-state index contributed by atoms with van der Waals surface area (Å²) in [5.41, 5.74) is 0.562. The van der Waals surface area contributed by atoms with E-state index in [0.29, 0.717) is 5.56 Å². The van der Waals surface area contributed by atoms with Gasteiger partial charge in [0.05, 0.1) is 18.2 Å². The van der Waals surface area contributed by atoms with Crippen molar-refractivity contribution in [2.45, 2.75) is 61.4 Å². The second-order valence-corrected chi connectivity index (χ2v) is 12.5. The third-order valence-corrected chi connectivity index (χ3v) is 8.74. The molecular formula is C36H37O18+. The molecule has 18 nitrogen and oxygen atoms in total. The molecule has 288 valence electrons. The van der Waals surface area contributed by atoms with Crippen LogP contribution < -0.4 is 9.47 Å². The maximum absolute atomic E-state index is 12.4. The van der Waals surface area contributed by atoms with Crippen LogP contribution >= 0.6 is 0 Å². The molecule has 2 fully saturated rings. The lowest BCUT2D eigenvalue weighted by Crippen LogP contribution is -2.60. The second kappa shape index (κ2) is 16.0. The van der Waals surface area contributed by atoms with E-state index in [0.717, 1.165) is 30.3 Å². The Labute approximate surface area is 304 Å². The van der Waals surface area contributed by atoms with Crippen molar-refractivity contribution < 1.29 is 89.1 Å². The van der Waals surface area contributed by atoms with Crippen molar-refractivity contribution in [3.05, 3.63) is 72.3 Å². The van der Waals surface area contributed by atoms with Gasteiger partial charge in [-0.3, -0.25) is 0 Å². The van der Waals surface area contributed by atoms with Crippen LogP contribution in [-0.2, 0) is 19.0 Å². The van der Waals surface area contributed by atoms with E-state index in [1.807, 2.05) is 0 Å². The molecule has 6 rings (SSSR count). The number of carbonyl (C=O) groups is 1. The van der Waals surface area contributed by atoms with Crippen LogP contribution in [0.5, 0.6) is 34.5 Å². The molecule has 54 heavy (non-hydrogen) atoms. The third kappa shape index (κ3) is 8.11. The molecule has 1 aromatic heterocycles. The first kappa shape index (κ1) is 38.4. The van der Waals surface area contributed by atoms with Gasteiger partial charge in [-0.1, -0.05) is 12.1 Å². The molecule has 10 unspecified atom stereocenters. The van der Waals surface area contributed by atoms with Gasteiger partial charge in [-0.05, 0) is 35.9 Å². The van der Waals surface area contributed by atoms with E-state index in [2.05, 4.69) is 0 Å². The standard InChI is InChI=1S/C36H36O18/c37-13-25-28(43)30(45)32(47)36(53-25)52-24-12-19-22(50-34(24)16-4-7-20(40)21(41)9-16)10-18(39)11-23(19)51-35-33(48)31(46)29(44)26(54-35)14-49-27(42)8-3-15-1-5-17(38)6-2-15/h1-12,25-26,28-33,35-37,43-48H,13-14H2,(H3-,38,39,40,41,42)/p+1. The van der Waals surface area contributed by atoms with Gasteiger partial charge in [0.15, 0.2) is 11.5 Å². The van der Waals surface area contributed by atoms with Crippen molar-refractivity contribution in [1.29, 1.82) is 0 Å². The molecule has 3 heterocycles. The Hall–Kier alpha value is -5.28. The summed E-state index contributed by atoms with van der Waals surface area (Å²) in [6.07, 6.45) is -14.6. The average Bonchev–Trinajstić information content (AvgIpc) is 3.15. The van der Waals surface area contributed by atoms with Crippen molar-refractivity contribution in [3.8, 4) is 45.8 Å². The third-order valence-electron chi connectivity index (χ3n) is 8.74. The lowest BCUT2D eigenvalue weighted by Gasteiger charge is -2.40. The second-order valence-electron chi connectivity index (χ2n) is 12.5. The van der Waals surface area contributed by atoms with Crippen molar-refractivity contribution in [3.63, 3.8) is 0 Å². The summed E-state index contributed by atoms with van der Waals surface area (Å²) in [6.45, 7) is -1.36. The Morgan fingerprint density at radius 3 is 1.96 bits per heavy atom. The van der Waals surface area contributed by atoms with Crippen LogP contribution in [0.1, 0.15) is 5.56 Å². The van der Waals surface area contributed by atoms with E-state index < -0.39 is 97.8 Å². The van der Waals surface area contributed by atoms with E-state index in [-0.39, 0.29) is 39.5 Å². The minimum absolute atomic E-state index is 0.00195. The monoisotopic (exact) mass is 757 g/mol. The summed E-state index contributed by atoms with van der Waals surface area (Å²) in [6, 6.07) is 13.0. The van der Waals surface area contributed by atoms with Crippen molar-refractivity contribution in [1.82, 2.24) is 0 Å². The van der Waals surface area contributed by atoms with Crippen molar-refractivity contribution in [2.24, 2.45) is 0 Å². The lowest BCUT2D eigenvalue weighted by atomic mass is 9.99. The number of ether oxygens (including phenoxy) is 5. The van der Waals surface area contributed by atoms with Gasteiger partial charge in [0.2, 0.25) is 18.3 Å². The zero-order chi connectivity index (χ0) is 38.8. The molecule has 3 aromatic carbocycles. The first-order valence-electron chi connectivity index (χ1n) is 16.4. The van der Waals surface area contributed by atoms with Gasteiger partial charge in [0.25, 0.3) is 0 Å². The van der Waals surface area contributed by atoms with Gasteiger partial charge in [-0.25, -0.2) is 9.21 Å². The molecule has 0 saturated carbocycles. The SMILES string of the molecule is O=C(C=Cc1ccc(O)cc1)OCC1OC(Oc2cc(O)cc3[o+]c(-c4ccc(O)c(O)c4)c(OC4OC(CO)C(O)C(O)C4O)cc23)C(O)C(O)C1O. The fourth-order valence-corrected chi connectivity index (χ4v) is 5.75. The predicted octanol–water partition coefficient (Wildman–Crippen LogP) is -0.175. The lowest BCUT2D eigenvalue weighted by molar-refractivity contribution is -0.278. The molecule has 2 aliphatic rings. The van der Waals surface area contributed by atoms with E-state index in [9.17, 15) is 61.0 Å². The number of hydrogen-bond acceptors (Lipinski definition) is 17. The highest BCUT2D eigenvalue weighted by Gasteiger charge is 2.47. The predicted molar refractivity (Wildman–Crippen MR) is 181 cm³/mol. The fraction of sp³-hybridized carbons (Fsp3) is 0.333. The molecule has 2 aliphatic heterocycles. The molecule has 18 heteroatoms. The number of carbonyl (C=O) groups excluding carboxylic acids is 1. The number of esters is 1. The number of aromatic hydroxyl groups is 4. The largest absolute Gasteiger partial charge is 0.508 e. The number of rotatable bonds is 10. The van der Waals surface area contributed by atoms with Crippen molar-refractivity contribution in [2.75, 3.05) is 13.2 Å². The molecule has 0 radical (unpaired) electrons. The Balaban J connectivity index is 1.30. The quantitative estimate of drug-likeness (QED) is 0.0433. The summed E-state index contributed by atoms with van der Waals surface area (Å²) in [5, 5.41) is 113. The highest BCUT2D eigenvalue weighted by atomic mass is 16.7. The van der Waals surface area contributed by atoms with Crippen LogP contribution in [0.15, 0.2) is 71.2 Å². The van der Waals surface area contributed by atoms with Gasteiger partial charge >= 0.3 is 17.3 Å². The van der Waals surface area contributed by atoms with Gasteiger partial charge in [0.1, 0.15) is 78.1 Å². The Morgan fingerprint density at radius 2 is 1.31 bits per heavy atom. The summed E-state index contributed by atoms with van der Waals surface area (Å²) in [7, 11) is 0. The maximum atomic E-state index is 12.4. The molecular weight excluding hydrogens is 720 g/mol. The minimum atomic E-state index is -1.89. The number of aliphatic hydroxyl groups is 7. The van der Waals surface area contributed by atoms with Crippen LogP contribution in [0, 0.1) is 0 Å². The zero-order valence-electron chi connectivity index (χ0n) is 27.9. The van der Waals surface area contributed by atoms with E-state index in [1.54, 1.807) is 12.1 Å². The number of fused-ring (bicyclic) bond motifs is 1. The van der Waals surface area contributed by atoms with E-state index in [4.69, 9.17) is 28.1 Å². The number of hydrogen-bond donors (Lipinski definition) is 11. The van der Waals surface area contributed by atoms with Gasteiger partial charge in [-0.15, -0.1) is 0 Å². The number of phenols is 4. The molecule has 10 atom stereocenters.